The van der Waals surface area contributed by atoms with E-state index in [1.54, 1.807) is 10.8 Å². The Hall–Kier alpha value is 0.0969. The maximum absolute atomic E-state index is 10.6. The van der Waals surface area contributed by atoms with Crippen LogP contribution in [0.2, 0.25) is 19.6 Å². The second-order valence-corrected chi connectivity index (χ2v) is 18.7. The van der Waals surface area contributed by atoms with Gasteiger partial charge in [0.2, 0.25) is 0 Å². The summed E-state index contributed by atoms with van der Waals surface area (Å²) in [6.07, 6.45) is 4.01. The highest BCUT2D eigenvalue weighted by molar-refractivity contribution is 9.25. The number of fused-ring (bicyclic) bond motifs is 2. The van der Waals surface area contributed by atoms with Crippen molar-refractivity contribution in [2.75, 3.05) is 0 Å². The predicted molar refractivity (Wildman–Crippen MR) is 116 cm³/mol. The van der Waals surface area contributed by atoms with Crippen LogP contribution in [0.5, 0.6) is 0 Å². The average molecular weight is 484 g/mol. The van der Waals surface area contributed by atoms with Crippen LogP contribution < -0.4 is 0 Å². The normalized spacial score (nSPS) is 39.6. The molecule has 3 aliphatic carbocycles. The van der Waals surface area contributed by atoms with E-state index in [9.17, 15) is 5.11 Å². The van der Waals surface area contributed by atoms with Gasteiger partial charge in [-0.3, -0.25) is 0 Å². The van der Waals surface area contributed by atoms with Crippen molar-refractivity contribution in [3.8, 4) is 0 Å². The number of halogens is 2. The van der Waals surface area contributed by atoms with Crippen LogP contribution in [0.25, 0.3) is 5.57 Å². The first-order valence-electron chi connectivity index (χ1n) is 9.37. The molecule has 0 aliphatic heterocycles. The number of benzene rings is 1. The molecule has 136 valence electrons. The summed E-state index contributed by atoms with van der Waals surface area (Å²) in [7, 11) is -1.49. The maximum atomic E-state index is 10.6. The van der Waals surface area contributed by atoms with Gasteiger partial charge in [0.15, 0.2) is 0 Å². The summed E-state index contributed by atoms with van der Waals surface area (Å²) >= 11 is 8.07. The quantitative estimate of drug-likeness (QED) is 0.382. The molecular weight excluding hydrogens is 456 g/mol. The van der Waals surface area contributed by atoms with Gasteiger partial charge >= 0.3 is 0 Å². The molecule has 2 fully saturated rings. The smallest absolute Gasteiger partial charge is 0.0914 e. The van der Waals surface area contributed by atoms with E-state index in [1.807, 2.05) is 0 Å². The lowest BCUT2D eigenvalue weighted by atomic mass is 9.61. The van der Waals surface area contributed by atoms with Gasteiger partial charge in [0.05, 0.1) is 17.4 Å². The Bertz CT molecular complexity index is 736. The minimum Gasteiger partial charge on any atom is -0.393 e. The van der Waals surface area contributed by atoms with Gasteiger partial charge in [-0.25, -0.2) is 0 Å². The predicted octanol–water partition coefficient (Wildman–Crippen LogP) is 6.37. The van der Waals surface area contributed by atoms with Crippen LogP contribution in [0, 0.1) is 16.7 Å². The number of allylic oxidation sites excluding steroid dienone is 2. The number of alkyl halides is 2. The summed E-state index contributed by atoms with van der Waals surface area (Å²) in [5, 5.41) is 12.3. The van der Waals surface area contributed by atoms with Gasteiger partial charge in [-0.2, -0.15) is 0 Å². The fraction of sp³-hybridized carbons (Fsp3) is 0.619. The first kappa shape index (κ1) is 18.5. The Kier molecular flexibility index (Phi) is 4.10. The topological polar surface area (TPSA) is 20.2 Å². The molecule has 0 unspecified atom stereocenters. The molecule has 0 amide bonds. The van der Waals surface area contributed by atoms with Crippen molar-refractivity contribution in [2.45, 2.75) is 61.6 Å². The third kappa shape index (κ3) is 2.61. The molecular formula is C21H28Br2OSi. The Morgan fingerprint density at radius 2 is 1.72 bits per heavy atom. The minimum atomic E-state index is -1.49. The third-order valence-corrected chi connectivity index (χ3v) is 11.2. The Labute approximate surface area is 169 Å². The summed E-state index contributed by atoms with van der Waals surface area (Å²) < 4.78 is -0.0283. The molecule has 1 aromatic carbocycles. The molecule has 1 nitrogen and oxygen atoms in total. The summed E-state index contributed by atoms with van der Waals surface area (Å²) in [5.74, 6) is 0.532. The molecule has 1 N–H and O–H groups in total. The van der Waals surface area contributed by atoms with Gasteiger partial charge in [-0.1, -0.05) is 94.0 Å². The van der Waals surface area contributed by atoms with Crippen LogP contribution in [0.1, 0.15) is 38.2 Å². The second kappa shape index (κ2) is 5.56. The van der Waals surface area contributed by atoms with Crippen molar-refractivity contribution in [3.05, 3.63) is 41.1 Å². The largest absolute Gasteiger partial charge is 0.393 e. The number of hydrogen-bond acceptors (Lipinski definition) is 1. The van der Waals surface area contributed by atoms with Crippen LogP contribution >= 0.6 is 31.9 Å². The first-order valence-corrected chi connectivity index (χ1v) is 14.5. The van der Waals surface area contributed by atoms with E-state index >= 15 is 0 Å². The zero-order valence-corrected chi connectivity index (χ0v) is 19.7. The molecule has 0 heterocycles. The number of aliphatic hydroxyl groups is 1. The lowest BCUT2D eigenvalue weighted by Gasteiger charge is -2.49. The van der Waals surface area contributed by atoms with Crippen LogP contribution in [0.4, 0.5) is 0 Å². The standard InChI is InChI=1S/C21H28Br2OSi/c1-19-11-15(24)10-17(19)20(13-21(20,22)23)18(14-8-6-5-7-9-14)16(12-19)25(2,3)4/h5-9,15,17,24H,10-13H2,1-4H3/t15-,17-,19+,20+/m1/s1. The maximum Gasteiger partial charge on any atom is 0.0914 e. The Balaban J connectivity index is 2.00. The van der Waals surface area contributed by atoms with Crippen molar-refractivity contribution < 1.29 is 5.11 Å². The summed E-state index contributed by atoms with van der Waals surface area (Å²) in [5.41, 5.74) is 3.31. The molecule has 1 spiro atoms. The fourth-order valence-corrected chi connectivity index (χ4v) is 9.76. The highest BCUT2D eigenvalue weighted by Crippen LogP contribution is 2.82. The van der Waals surface area contributed by atoms with Gasteiger partial charge in [-0.05, 0) is 48.2 Å². The van der Waals surface area contributed by atoms with Crippen LogP contribution in [-0.2, 0) is 0 Å². The van der Waals surface area contributed by atoms with Crippen molar-refractivity contribution in [1.29, 1.82) is 0 Å². The highest BCUT2D eigenvalue weighted by atomic mass is 79.9. The van der Waals surface area contributed by atoms with E-state index in [4.69, 9.17) is 0 Å². The van der Waals surface area contributed by atoms with Gasteiger partial charge in [-0.15, -0.1) is 0 Å². The van der Waals surface area contributed by atoms with Crippen LogP contribution in [0.3, 0.4) is 0 Å². The average Bonchev–Trinajstić information content (AvgIpc) is 2.89. The molecule has 0 radical (unpaired) electrons. The summed E-state index contributed by atoms with van der Waals surface area (Å²) in [6, 6.07) is 11.0. The number of hydrogen-bond donors (Lipinski definition) is 1. The number of aliphatic hydroxyl groups excluding tert-OH is 1. The number of rotatable bonds is 2. The molecule has 4 atom stereocenters. The van der Waals surface area contributed by atoms with Crippen molar-refractivity contribution >= 4 is 45.5 Å². The Morgan fingerprint density at radius 3 is 2.24 bits per heavy atom. The SMILES string of the molecule is C[C@]12CC([Si](C)(C)C)=C(c3ccccc3)[C@]3(CC3(Br)Br)[C@@H]1C[C@@H](O)C2. The molecule has 1 aromatic rings. The van der Waals surface area contributed by atoms with E-state index in [0.717, 1.165) is 25.7 Å². The van der Waals surface area contributed by atoms with Gasteiger partial charge < -0.3 is 5.11 Å². The van der Waals surface area contributed by atoms with Crippen LogP contribution in [-0.4, -0.2) is 22.5 Å². The zero-order valence-electron chi connectivity index (χ0n) is 15.6. The monoisotopic (exact) mass is 482 g/mol. The van der Waals surface area contributed by atoms with E-state index in [-0.39, 0.29) is 20.2 Å². The molecule has 25 heavy (non-hydrogen) atoms. The fourth-order valence-electron chi connectivity index (χ4n) is 5.88. The Morgan fingerprint density at radius 1 is 1.12 bits per heavy atom. The molecule has 0 saturated heterocycles. The molecule has 2 saturated carbocycles. The van der Waals surface area contributed by atoms with E-state index < -0.39 is 8.07 Å². The second-order valence-electron chi connectivity index (χ2n) is 9.80. The zero-order chi connectivity index (χ0) is 18.3. The van der Waals surface area contributed by atoms with E-state index in [2.05, 4.69) is 88.8 Å². The summed E-state index contributed by atoms with van der Waals surface area (Å²) in [4.78, 5) is 0. The minimum absolute atomic E-state index is 0.0283. The van der Waals surface area contributed by atoms with Gasteiger partial charge in [0.25, 0.3) is 0 Å². The highest BCUT2D eigenvalue weighted by Gasteiger charge is 2.76. The van der Waals surface area contributed by atoms with Crippen molar-refractivity contribution in [3.63, 3.8) is 0 Å². The van der Waals surface area contributed by atoms with Gasteiger partial charge in [0.1, 0.15) is 0 Å². The lowest BCUT2D eigenvalue weighted by molar-refractivity contribution is 0.153. The molecule has 3 aliphatic rings. The van der Waals surface area contributed by atoms with Crippen molar-refractivity contribution in [1.82, 2.24) is 0 Å². The lowest BCUT2D eigenvalue weighted by Crippen LogP contribution is -2.43. The third-order valence-electron chi connectivity index (χ3n) is 6.97. The van der Waals surface area contributed by atoms with E-state index in [0.29, 0.717) is 5.92 Å². The molecule has 4 heteroatoms. The molecule has 0 aromatic heterocycles. The van der Waals surface area contributed by atoms with Crippen LogP contribution in [0.15, 0.2) is 35.5 Å². The van der Waals surface area contributed by atoms with E-state index in [1.165, 1.54) is 5.56 Å². The summed E-state index contributed by atoms with van der Waals surface area (Å²) in [6.45, 7) is 9.90. The van der Waals surface area contributed by atoms with Crippen molar-refractivity contribution in [2.24, 2.45) is 16.7 Å². The molecule has 4 rings (SSSR count). The van der Waals surface area contributed by atoms with Gasteiger partial charge in [0, 0.05) is 5.41 Å². The first-order chi connectivity index (χ1) is 11.5. The molecule has 0 bridgehead atoms.